The van der Waals surface area contributed by atoms with Crippen LogP contribution in [0.25, 0.3) is 0 Å². The summed E-state index contributed by atoms with van der Waals surface area (Å²) in [5.74, 6) is -1.69. The maximum Gasteiger partial charge on any atom is 0.240 e. The number of rotatable bonds is 6. The first-order valence-electron chi connectivity index (χ1n) is 8.75. The van der Waals surface area contributed by atoms with Crippen LogP contribution >= 0.6 is 0 Å². The SMILES string of the molecule is O=C(CCNS(=O)(=O)c1ccc(F)c(F)c1)N1CCN(c2ccccn2)CC1. The predicted molar refractivity (Wildman–Crippen MR) is 99.2 cm³/mol. The van der Waals surface area contributed by atoms with E-state index >= 15 is 0 Å². The van der Waals surface area contributed by atoms with Gasteiger partial charge in [0.05, 0.1) is 4.90 Å². The average molecular weight is 410 g/mol. The van der Waals surface area contributed by atoms with Gasteiger partial charge in [0.25, 0.3) is 0 Å². The molecular formula is C18H20F2N4O3S. The van der Waals surface area contributed by atoms with Gasteiger partial charge >= 0.3 is 0 Å². The molecule has 7 nitrogen and oxygen atoms in total. The van der Waals surface area contributed by atoms with E-state index in [0.29, 0.717) is 32.2 Å². The van der Waals surface area contributed by atoms with E-state index < -0.39 is 21.7 Å². The molecule has 0 spiro atoms. The summed E-state index contributed by atoms with van der Waals surface area (Å²) < 4.78 is 52.6. The van der Waals surface area contributed by atoms with Crippen molar-refractivity contribution in [3.63, 3.8) is 0 Å². The lowest BCUT2D eigenvalue weighted by atomic mass is 10.2. The highest BCUT2D eigenvalue weighted by Crippen LogP contribution is 2.15. The number of hydrogen-bond acceptors (Lipinski definition) is 5. The molecule has 0 bridgehead atoms. The number of sulfonamides is 1. The molecular weight excluding hydrogens is 390 g/mol. The number of nitrogens with one attached hydrogen (secondary N) is 1. The smallest absolute Gasteiger partial charge is 0.240 e. The fraction of sp³-hybridized carbons (Fsp3) is 0.333. The fourth-order valence-electron chi connectivity index (χ4n) is 2.90. The Morgan fingerprint density at radius 1 is 1.07 bits per heavy atom. The molecule has 1 saturated heterocycles. The van der Waals surface area contributed by atoms with E-state index in [1.54, 1.807) is 11.1 Å². The molecule has 1 aromatic heterocycles. The van der Waals surface area contributed by atoms with Crippen molar-refractivity contribution in [1.29, 1.82) is 0 Å². The van der Waals surface area contributed by atoms with Gasteiger partial charge in [-0.15, -0.1) is 0 Å². The van der Waals surface area contributed by atoms with Crippen molar-refractivity contribution in [3.8, 4) is 0 Å². The summed E-state index contributed by atoms with van der Waals surface area (Å²) >= 11 is 0. The minimum absolute atomic E-state index is 0.0213. The van der Waals surface area contributed by atoms with Gasteiger partial charge in [0.1, 0.15) is 5.82 Å². The van der Waals surface area contributed by atoms with Crippen LogP contribution in [0.4, 0.5) is 14.6 Å². The van der Waals surface area contributed by atoms with Crippen LogP contribution in [-0.2, 0) is 14.8 Å². The molecule has 1 fully saturated rings. The third-order valence-corrected chi connectivity index (χ3v) is 5.90. The number of carbonyl (C=O) groups is 1. The molecule has 2 aromatic rings. The summed E-state index contributed by atoms with van der Waals surface area (Å²) in [4.78, 5) is 20.0. The van der Waals surface area contributed by atoms with Crippen LogP contribution < -0.4 is 9.62 Å². The zero-order valence-corrected chi connectivity index (χ0v) is 15.8. The van der Waals surface area contributed by atoms with E-state index in [1.807, 2.05) is 18.2 Å². The van der Waals surface area contributed by atoms with Crippen molar-refractivity contribution in [2.24, 2.45) is 0 Å². The van der Waals surface area contributed by atoms with E-state index in [4.69, 9.17) is 0 Å². The molecule has 3 rings (SSSR count). The standard InChI is InChI=1S/C18H20F2N4O3S/c19-15-5-4-14(13-16(15)20)28(26,27)22-8-6-18(25)24-11-9-23(10-12-24)17-3-1-2-7-21-17/h1-5,7,13,22H,6,8-12H2. The summed E-state index contributed by atoms with van der Waals surface area (Å²) in [6.07, 6.45) is 1.69. The van der Waals surface area contributed by atoms with Gasteiger partial charge < -0.3 is 9.80 Å². The highest BCUT2D eigenvalue weighted by molar-refractivity contribution is 7.89. The lowest BCUT2D eigenvalue weighted by Gasteiger charge is -2.35. The summed E-state index contributed by atoms with van der Waals surface area (Å²) in [7, 11) is -4.01. The highest BCUT2D eigenvalue weighted by atomic mass is 32.2. The lowest BCUT2D eigenvalue weighted by Crippen LogP contribution is -2.49. The van der Waals surface area contributed by atoms with Gasteiger partial charge in [-0.05, 0) is 30.3 Å². The number of piperazine rings is 1. The second kappa shape index (κ2) is 8.61. The molecule has 28 heavy (non-hydrogen) atoms. The van der Waals surface area contributed by atoms with E-state index in [0.717, 1.165) is 18.0 Å². The molecule has 1 N–H and O–H groups in total. The molecule has 0 saturated carbocycles. The molecule has 1 aromatic carbocycles. The molecule has 150 valence electrons. The minimum atomic E-state index is -4.01. The second-order valence-corrected chi connectivity index (χ2v) is 8.05. The average Bonchev–Trinajstić information content (AvgIpc) is 2.70. The van der Waals surface area contributed by atoms with Crippen molar-refractivity contribution in [1.82, 2.24) is 14.6 Å². The van der Waals surface area contributed by atoms with Gasteiger partial charge in [-0.25, -0.2) is 26.9 Å². The number of benzene rings is 1. The van der Waals surface area contributed by atoms with Crippen LogP contribution in [-0.4, -0.2) is 56.9 Å². The van der Waals surface area contributed by atoms with Gasteiger partial charge in [0, 0.05) is 45.3 Å². The van der Waals surface area contributed by atoms with Crippen molar-refractivity contribution >= 4 is 21.7 Å². The van der Waals surface area contributed by atoms with Gasteiger partial charge in [-0.2, -0.15) is 0 Å². The second-order valence-electron chi connectivity index (χ2n) is 6.28. The molecule has 1 amide bonds. The number of pyridine rings is 1. The van der Waals surface area contributed by atoms with Crippen LogP contribution in [0.1, 0.15) is 6.42 Å². The zero-order valence-electron chi connectivity index (χ0n) is 15.0. The number of hydrogen-bond donors (Lipinski definition) is 1. The van der Waals surface area contributed by atoms with Crippen LogP contribution in [0.15, 0.2) is 47.5 Å². The van der Waals surface area contributed by atoms with Crippen molar-refractivity contribution in [2.75, 3.05) is 37.6 Å². The largest absolute Gasteiger partial charge is 0.353 e. The molecule has 0 atom stereocenters. The first kappa shape index (κ1) is 20.2. The summed E-state index contributed by atoms with van der Waals surface area (Å²) in [5.41, 5.74) is 0. The summed E-state index contributed by atoms with van der Waals surface area (Å²) in [6, 6.07) is 7.97. The van der Waals surface area contributed by atoms with E-state index in [2.05, 4.69) is 14.6 Å². The molecule has 10 heteroatoms. The molecule has 2 heterocycles. The normalized spacial score (nSPS) is 14.9. The van der Waals surface area contributed by atoms with Crippen LogP contribution in [0.3, 0.4) is 0 Å². The lowest BCUT2D eigenvalue weighted by molar-refractivity contribution is -0.131. The minimum Gasteiger partial charge on any atom is -0.353 e. The molecule has 1 aliphatic heterocycles. The predicted octanol–water partition coefficient (Wildman–Crippen LogP) is 1.38. The molecule has 0 radical (unpaired) electrons. The summed E-state index contributed by atoms with van der Waals surface area (Å²) in [5, 5.41) is 0. The van der Waals surface area contributed by atoms with Crippen molar-refractivity contribution in [3.05, 3.63) is 54.2 Å². The third-order valence-electron chi connectivity index (χ3n) is 4.44. The number of carbonyl (C=O) groups excluding carboxylic acids is 1. The van der Waals surface area contributed by atoms with Crippen molar-refractivity contribution < 1.29 is 22.0 Å². The monoisotopic (exact) mass is 410 g/mol. The van der Waals surface area contributed by atoms with E-state index in [1.165, 1.54) is 0 Å². The van der Waals surface area contributed by atoms with Gasteiger partial charge in [-0.1, -0.05) is 6.07 Å². The van der Waals surface area contributed by atoms with Gasteiger partial charge in [0.2, 0.25) is 15.9 Å². The van der Waals surface area contributed by atoms with Gasteiger partial charge in [-0.3, -0.25) is 4.79 Å². The third kappa shape index (κ3) is 4.82. The fourth-order valence-corrected chi connectivity index (χ4v) is 3.95. The number of aromatic nitrogens is 1. The Bertz CT molecular complexity index is 933. The number of nitrogens with zero attached hydrogens (tertiary/aromatic N) is 3. The maximum atomic E-state index is 13.2. The maximum absolute atomic E-state index is 13.2. The first-order chi connectivity index (χ1) is 13.4. The highest BCUT2D eigenvalue weighted by Gasteiger charge is 2.22. The Balaban J connectivity index is 1.47. The number of anilines is 1. The topological polar surface area (TPSA) is 82.6 Å². The Morgan fingerprint density at radius 2 is 1.82 bits per heavy atom. The molecule has 0 unspecified atom stereocenters. The van der Waals surface area contributed by atoms with Crippen molar-refractivity contribution in [2.45, 2.75) is 11.3 Å². The van der Waals surface area contributed by atoms with E-state index in [9.17, 15) is 22.0 Å². The van der Waals surface area contributed by atoms with Gasteiger partial charge in [0.15, 0.2) is 11.6 Å². The number of amides is 1. The summed E-state index contributed by atoms with van der Waals surface area (Å²) in [6.45, 7) is 2.20. The van der Waals surface area contributed by atoms with Crippen LogP contribution in [0, 0.1) is 11.6 Å². The first-order valence-corrected chi connectivity index (χ1v) is 10.2. The number of halogens is 2. The van der Waals surface area contributed by atoms with Crippen LogP contribution in [0.5, 0.6) is 0 Å². The Morgan fingerprint density at radius 3 is 2.46 bits per heavy atom. The zero-order chi connectivity index (χ0) is 20.1. The quantitative estimate of drug-likeness (QED) is 0.778. The Labute approximate surface area is 162 Å². The Kier molecular flexibility index (Phi) is 6.20. The van der Waals surface area contributed by atoms with Crippen LogP contribution in [0.2, 0.25) is 0 Å². The Hall–Kier alpha value is -2.59. The van der Waals surface area contributed by atoms with E-state index in [-0.39, 0.29) is 23.8 Å². The molecule has 1 aliphatic rings. The molecule has 0 aliphatic carbocycles.